The number of benzene rings is 2. The van der Waals surface area contributed by atoms with Crippen LogP contribution in [0.5, 0.6) is 5.75 Å². The van der Waals surface area contributed by atoms with E-state index in [1.807, 2.05) is 0 Å². The highest BCUT2D eigenvalue weighted by Gasteiger charge is 2.49. The lowest BCUT2D eigenvalue weighted by Crippen LogP contribution is -2.49. The average molecular weight is 555 g/mol. The molecule has 194 valence electrons. The van der Waals surface area contributed by atoms with E-state index in [-0.39, 0.29) is 35.4 Å². The molecule has 0 spiro atoms. The van der Waals surface area contributed by atoms with Crippen molar-refractivity contribution in [1.82, 2.24) is 4.98 Å². The minimum Gasteiger partial charge on any atom is -0.478 e. The van der Waals surface area contributed by atoms with Crippen LogP contribution in [0.4, 0.5) is 15.9 Å². The lowest BCUT2D eigenvalue weighted by atomic mass is 9.78. The van der Waals surface area contributed by atoms with Crippen molar-refractivity contribution in [1.29, 1.82) is 0 Å². The summed E-state index contributed by atoms with van der Waals surface area (Å²) in [5.74, 6) is -2.11. The standard InChI is InChI=1S/C28H21Cl2FN2O5/c29-18-7-10-20(11-8-18)33(25-12-9-19(31)15-32-25)26(34)21-5-1-2-6-23(21)38-28(27(35)36)13-3-4-17-16-37-24(30)14-22(17)28/h1-2,5-12,14-15H,3-4,13,16H2,(H,35,36). The number of rotatable bonds is 6. The van der Waals surface area contributed by atoms with Crippen LogP contribution in [0, 0.1) is 5.82 Å². The molecule has 0 saturated heterocycles. The Kier molecular flexibility index (Phi) is 7.10. The molecule has 38 heavy (non-hydrogen) atoms. The van der Waals surface area contributed by atoms with Gasteiger partial charge in [0.25, 0.3) is 5.91 Å². The number of carbonyl (C=O) groups is 2. The van der Waals surface area contributed by atoms with Gasteiger partial charge in [0.1, 0.15) is 24.0 Å². The van der Waals surface area contributed by atoms with E-state index < -0.39 is 23.3 Å². The van der Waals surface area contributed by atoms with Gasteiger partial charge >= 0.3 is 5.97 Å². The summed E-state index contributed by atoms with van der Waals surface area (Å²) >= 11 is 12.2. The van der Waals surface area contributed by atoms with Gasteiger partial charge in [-0.15, -0.1) is 0 Å². The van der Waals surface area contributed by atoms with E-state index >= 15 is 0 Å². The number of nitrogens with zero attached hydrogens (tertiary/aromatic N) is 2. The molecule has 7 nitrogen and oxygen atoms in total. The molecule has 2 heterocycles. The first-order valence-electron chi connectivity index (χ1n) is 11.7. The second-order valence-electron chi connectivity index (χ2n) is 8.79. The van der Waals surface area contributed by atoms with Crippen LogP contribution in [-0.2, 0) is 9.53 Å². The number of carboxylic acid groups (broad SMARTS) is 1. The number of hydrogen-bond acceptors (Lipinski definition) is 5. The minimum atomic E-state index is -1.77. The van der Waals surface area contributed by atoms with Gasteiger partial charge in [-0.1, -0.05) is 23.7 Å². The third-order valence-electron chi connectivity index (χ3n) is 6.44. The van der Waals surface area contributed by atoms with E-state index in [1.54, 1.807) is 36.4 Å². The Hall–Kier alpha value is -3.88. The Morgan fingerprint density at radius 1 is 1.08 bits per heavy atom. The summed E-state index contributed by atoms with van der Waals surface area (Å²) < 4.78 is 25.3. The van der Waals surface area contributed by atoms with Crippen molar-refractivity contribution in [3.63, 3.8) is 0 Å². The molecule has 3 aromatic rings. The highest BCUT2D eigenvalue weighted by Crippen LogP contribution is 2.43. The summed E-state index contributed by atoms with van der Waals surface area (Å²) in [6.45, 7) is 0.171. The molecule has 1 amide bonds. The number of carboxylic acids is 1. The second kappa shape index (κ2) is 10.5. The van der Waals surface area contributed by atoms with Crippen molar-refractivity contribution < 1.29 is 28.6 Å². The maximum absolute atomic E-state index is 14.1. The van der Waals surface area contributed by atoms with Crippen molar-refractivity contribution in [3.8, 4) is 5.75 Å². The number of para-hydroxylation sites is 1. The zero-order chi connectivity index (χ0) is 26.9. The van der Waals surface area contributed by atoms with Crippen molar-refractivity contribution in [2.24, 2.45) is 0 Å². The third kappa shape index (κ3) is 4.85. The van der Waals surface area contributed by atoms with Gasteiger partial charge in [0.15, 0.2) is 5.22 Å². The SMILES string of the molecule is O=C(c1ccccc1OC1(C(=O)O)CCCC2=C1C=C(Cl)OC2)N(c1ccc(Cl)cc1)c1ccc(F)cn1. The number of hydrogen-bond donors (Lipinski definition) is 1. The number of anilines is 2. The summed E-state index contributed by atoms with van der Waals surface area (Å²) in [5, 5.41) is 10.9. The first-order valence-corrected chi connectivity index (χ1v) is 12.5. The first kappa shape index (κ1) is 25.8. The monoisotopic (exact) mass is 554 g/mol. The van der Waals surface area contributed by atoms with Gasteiger partial charge < -0.3 is 14.6 Å². The van der Waals surface area contributed by atoms with Gasteiger partial charge in [0.05, 0.1) is 17.4 Å². The van der Waals surface area contributed by atoms with Crippen LogP contribution in [-0.4, -0.2) is 34.2 Å². The van der Waals surface area contributed by atoms with Crippen LogP contribution in [0.1, 0.15) is 29.6 Å². The van der Waals surface area contributed by atoms with E-state index in [1.165, 1.54) is 35.2 Å². The lowest BCUT2D eigenvalue weighted by molar-refractivity contribution is -0.152. The summed E-state index contributed by atoms with van der Waals surface area (Å²) in [5.41, 5.74) is -0.0607. The maximum Gasteiger partial charge on any atom is 0.352 e. The van der Waals surface area contributed by atoms with Crippen LogP contribution in [0.25, 0.3) is 0 Å². The maximum atomic E-state index is 14.1. The topological polar surface area (TPSA) is 89.0 Å². The number of amides is 1. The fourth-order valence-electron chi connectivity index (χ4n) is 4.64. The average Bonchev–Trinajstić information content (AvgIpc) is 2.91. The van der Waals surface area contributed by atoms with Crippen LogP contribution in [0.15, 0.2) is 89.3 Å². The number of halogens is 3. The van der Waals surface area contributed by atoms with E-state index in [9.17, 15) is 19.1 Å². The molecule has 1 aliphatic heterocycles. The zero-order valence-corrected chi connectivity index (χ0v) is 21.4. The van der Waals surface area contributed by atoms with Crippen LogP contribution in [0.2, 0.25) is 5.02 Å². The summed E-state index contributed by atoms with van der Waals surface area (Å²) in [6, 6.07) is 15.4. The Morgan fingerprint density at radius 3 is 2.55 bits per heavy atom. The molecular weight excluding hydrogens is 534 g/mol. The molecule has 0 radical (unpaired) electrons. The van der Waals surface area contributed by atoms with Crippen LogP contribution < -0.4 is 9.64 Å². The van der Waals surface area contributed by atoms with E-state index in [4.69, 9.17) is 32.7 Å². The van der Waals surface area contributed by atoms with E-state index in [0.717, 1.165) is 11.8 Å². The fourth-order valence-corrected chi connectivity index (χ4v) is 4.93. The molecule has 1 aromatic heterocycles. The van der Waals surface area contributed by atoms with Crippen LogP contribution >= 0.6 is 23.2 Å². The number of aliphatic carboxylic acids is 1. The Bertz CT molecular complexity index is 1410. The van der Waals surface area contributed by atoms with E-state index in [0.29, 0.717) is 29.1 Å². The molecule has 0 bridgehead atoms. The molecular formula is C28H21Cl2FN2O5. The highest BCUT2D eigenvalue weighted by molar-refractivity contribution is 6.30. The second-order valence-corrected chi connectivity index (χ2v) is 9.60. The molecule has 2 aromatic carbocycles. The molecule has 10 heteroatoms. The van der Waals surface area contributed by atoms with Gasteiger partial charge in [0.2, 0.25) is 5.60 Å². The summed E-state index contributed by atoms with van der Waals surface area (Å²) in [6.07, 6.45) is 3.85. The predicted octanol–water partition coefficient (Wildman–Crippen LogP) is 6.65. The van der Waals surface area contributed by atoms with Gasteiger partial charge in [0, 0.05) is 23.1 Å². The lowest BCUT2D eigenvalue weighted by Gasteiger charge is -2.38. The van der Waals surface area contributed by atoms with Crippen molar-refractivity contribution in [3.05, 3.63) is 106 Å². The first-order chi connectivity index (χ1) is 18.3. The summed E-state index contributed by atoms with van der Waals surface area (Å²) in [7, 11) is 0. The largest absolute Gasteiger partial charge is 0.478 e. The predicted molar refractivity (Wildman–Crippen MR) is 140 cm³/mol. The zero-order valence-electron chi connectivity index (χ0n) is 19.9. The van der Waals surface area contributed by atoms with Crippen molar-refractivity contribution in [2.75, 3.05) is 11.5 Å². The van der Waals surface area contributed by atoms with Crippen molar-refractivity contribution in [2.45, 2.75) is 24.9 Å². The molecule has 0 saturated carbocycles. The molecule has 1 N–H and O–H groups in total. The van der Waals surface area contributed by atoms with Crippen LogP contribution in [0.3, 0.4) is 0 Å². The molecule has 2 aliphatic rings. The minimum absolute atomic E-state index is 0.0609. The number of pyridine rings is 1. The number of ether oxygens (including phenoxy) is 2. The Morgan fingerprint density at radius 2 is 1.84 bits per heavy atom. The van der Waals surface area contributed by atoms with Gasteiger partial charge in [-0.05, 0) is 78.5 Å². The van der Waals surface area contributed by atoms with Gasteiger partial charge in [-0.3, -0.25) is 9.69 Å². The molecule has 1 atom stereocenters. The smallest absolute Gasteiger partial charge is 0.352 e. The fraction of sp³-hybridized carbons (Fsp3) is 0.179. The summed E-state index contributed by atoms with van der Waals surface area (Å²) in [4.78, 5) is 32.2. The van der Waals surface area contributed by atoms with E-state index in [2.05, 4.69) is 4.98 Å². The number of aromatic nitrogens is 1. The molecule has 1 unspecified atom stereocenters. The Labute approximate surface area is 227 Å². The third-order valence-corrected chi connectivity index (χ3v) is 6.91. The van der Waals surface area contributed by atoms with Gasteiger partial charge in [-0.2, -0.15) is 0 Å². The molecule has 1 aliphatic carbocycles. The normalized spacial score (nSPS) is 18.7. The van der Waals surface area contributed by atoms with Gasteiger partial charge in [-0.25, -0.2) is 14.2 Å². The molecule has 5 rings (SSSR count). The highest BCUT2D eigenvalue weighted by atomic mass is 35.5. The Balaban J connectivity index is 1.60. The quantitative estimate of drug-likeness (QED) is 0.367. The molecule has 0 fully saturated rings. The van der Waals surface area contributed by atoms with Crippen molar-refractivity contribution >= 4 is 46.6 Å². The number of carbonyl (C=O) groups excluding carboxylic acids is 1.